The second-order valence-electron chi connectivity index (χ2n) is 2.28. The molecule has 0 radical (unpaired) electrons. The van der Waals surface area contributed by atoms with Crippen LogP contribution in [0.1, 0.15) is 13.3 Å². The van der Waals surface area contributed by atoms with Crippen molar-refractivity contribution in [2.45, 2.75) is 18.9 Å². The van der Waals surface area contributed by atoms with Crippen LogP contribution < -0.4 is 5.48 Å². The Morgan fingerprint density at radius 1 is 1.89 bits per heavy atom. The summed E-state index contributed by atoms with van der Waals surface area (Å²) >= 11 is 0. The largest absolute Gasteiger partial charge is 0.479 e. The highest BCUT2D eigenvalue weighted by Gasteiger charge is 2.38. The van der Waals surface area contributed by atoms with E-state index in [0.717, 1.165) is 0 Å². The van der Waals surface area contributed by atoms with Crippen LogP contribution in [-0.2, 0) is 9.63 Å². The average molecular weight is 131 g/mol. The van der Waals surface area contributed by atoms with Crippen LogP contribution >= 0.6 is 0 Å². The van der Waals surface area contributed by atoms with E-state index in [9.17, 15) is 4.79 Å². The Labute approximate surface area is 52.8 Å². The summed E-state index contributed by atoms with van der Waals surface area (Å²) in [5.74, 6) is -0.910. The number of aliphatic carboxylic acids is 1. The topological polar surface area (TPSA) is 58.6 Å². The van der Waals surface area contributed by atoms with Crippen molar-refractivity contribution in [2.24, 2.45) is 0 Å². The SMILES string of the molecule is CC1(C(=O)O)CCNO1. The van der Waals surface area contributed by atoms with E-state index in [0.29, 0.717) is 13.0 Å². The third kappa shape index (κ3) is 1.04. The normalized spacial score (nSPS) is 34.8. The summed E-state index contributed by atoms with van der Waals surface area (Å²) in [6, 6.07) is 0. The Morgan fingerprint density at radius 3 is 2.78 bits per heavy atom. The predicted molar refractivity (Wildman–Crippen MR) is 29.7 cm³/mol. The molecule has 0 amide bonds. The van der Waals surface area contributed by atoms with Crippen molar-refractivity contribution in [2.75, 3.05) is 6.54 Å². The molecule has 1 aliphatic rings. The van der Waals surface area contributed by atoms with Gasteiger partial charge >= 0.3 is 5.97 Å². The standard InChI is InChI=1S/C5H9NO3/c1-5(4(7)8)2-3-6-9-5/h6H,2-3H2,1H3,(H,7,8). The quantitative estimate of drug-likeness (QED) is 0.515. The summed E-state index contributed by atoms with van der Waals surface area (Å²) in [6.07, 6.45) is 0.530. The Morgan fingerprint density at radius 2 is 2.56 bits per heavy atom. The van der Waals surface area contributed by atoms with Gasteiger partial charge in [-0.3, -0.25) is 4.84 Å². The van der Waals surface area contributed by atoms with E-state index in [1.807, 2.05) is 0 Å². The fourth-order valence-electron chi connectivity index (χ4n) is 0.701. The molecule has 1 aliphatic heterocycles. The third-order valence-corrected chi connectivity index (χ3v) is 1.45. The molecule has 1 heterocycles. The molecule has 0 aromatic rings. The molecule has 4 nitrogen and oxygen atoms in total. The van der Waals surface area contributed by atoms with Crippen molar-refractivity contribution in [1.29, 1.82) is 0 Å². The minimum Gasteiger partial charge on any atom is -0.479 e. The highest BCUT2D eigenvalue weighted by molar-refractivity contribution is 5.77. The van der Waals surface area contributed by atoms with Crippen LogP contribution in [0.3, 0.4) is 0 Å². The number of hydrogen-bond donors (Lipinski definition) is 2. The van der Waals surface area contributed by atoms with E-state index in [-0.39, 0.29) is 0 Å². The van der Waals surface area contributed by atoms with E-state index >= 15 is 0 Å². The summed E-state index contributed by atoms with van der Waals surface area (Å²) in [6.45, 7) is 2.16. The van der Waals surface area contributed by atoms with Crippen LogP contribution in [0.5, 0.6) is 0 Å². The first-order valence-electron chi connectivity index (χ1n) is 2.79. The van der Waals surface area contributed by atoms with E-state index in [4.69, 9.17) is 9.94 Å². The maximum atomic E-state index is 10.4. The monoisotopic (exact) mass is 131 g/mol. The molecule has 9 heavy (non-hydrogen) atoms. The molecule has 0 spiro atoms. The minimum atomic E-state index is -1.00. The third-order valence-electron chi connectivity index (χ3n) is 1.45. The molecule has 1 atom stereocenters. The summed E-state index contributed by atoms with van der Waals surface area (Å²) in [5.41, 5.74) is 1.51. The van der Waals surface area contributed by atoms with Gasteiger partial charge in [0, 0.05) is 13.0 Å². The van der Waals surface area contributed by atoms with Gasteiger partial charge in [-0.05, 0) is 6.92 Å². The van der Waals surface area contributed by atoms with Crippen molar-refractivity contribution < 1.29 is 14.7 Å². The lowest BCUT2D eigenvalue weighted by Gasteiger charge is -2.13. The van der Waals surface area contributed by atoms with Gasteiger partial charge in [-0.15, -0.1) is 0 Å². The van der Waals surface area contributed by atoms with Crippen LogP contribution in [-0.4, -0.2) is 23.2 Å². The van der Waals surface area contributed by atoms with Gasteiger partial charge in [-0.2, -0.15) is 0 Å². The van der Waals surface area contributed by atoms with Gasteiger partial charge in [0.1, 0.15) is 0 Å². The van der Waals surface area contributed by atoms with Crippen LogP contribution in [0.4, 0.5) is 0 Å². The number of carbonyl (C=O) groups is 1. The lowest BCUT2D eigenvalue weighted by molar-refractivity contribution is -0.163. The summed E-state index contributed by atoms with van der Waals surface area (Å²) in [4.78, 5) is 15.1. The van der Waals surface area contributed by atoms with Gasteiger partial charge in [-0.25, -0.2) is 10.3 Å². The zero-order chi connectivity index (χ0) is 6.91. The van der Waals surface area contributed by atoms with Crippen molar-refractivity contribution in [3.8, 4) is 0 Å². The molecule has 0 saturated carbocycles. The molecule has 0 aromatic carbocycles. The van der Waals surface area contributed by atoms with Crippen LogP contribution in [0.25, 0.3) is 0 Å². The van der Waals surface area contributed by atoms with E-state index in [2.05, 4.69) is 5.48 Å². The lowest BCUT2D eigenvalue weighted by atomic mass is 10.1. The molecule has 0 aliphatic carbocycles. The number of hydrogen-bond acceptors (Lipinski definition) is 3. The van der Waals surface area contributed by atoms with Gasteiger partial charge in [-0.1, -0.05) is 0 Å². The molecule has 0 bridgehead atoms. The van der Waals surface area contributed by atoms with Gasteiger partial charge in [0.2, 0.25) is 0 Å². The Balaban J connectivity index is 2.61. The van der Waals surface area contributed by atoms with Crippen molar-refractivity contribution >= 4 is 5.97 Å². The molecule has 1 fully saturated rings. The van der Waals surface area contributed by atoms with Crippen molar-refractivity contribution in [3.63, 3.8) is 0 Å². The molecule has 1 rings (SSSR count). The fraction of sp³-hybridized carbons (Fsp3) is 0.800. The highest BCUT2D eigenvalue weighted by Crippen LogP contribution is 2.17. The zero-order valence-corrected chi connectivity index (χ0v) is 5.18. The first kappa shape index (κ1) is 6.51. The predicted octanol–water partition coefficient (Wildman–Crippen LogP) is -0.245. The molecule has 4 heteroatoms. The second kappa shape index (κ2) is 1.97. The molecule has 2 N–H and O–H groups in total. The molecule has 0 aromatic heterocycles. The summed E-state index contributed by atoms with van der Waals surface area (Å²) in [5, 5.41) is 8.51. The first-order valence-corrected chi connectivity index (χ1v) is 2.79. The molecule has 52 valence electrons. The van der Waals surface area contributed by atoms with Gasteiger partial charge in [0.25, 0.3) is 0 Å². The Hall–Kier alpha value is -0.610. The average Bonchev–Trinajstić information content (AvgIpc) is 2.16. The van der Waals surface area contributed by atoms with E-state index in [1.165, 1.54) is 0 Å². The van der Waals surface area contributed by atoms with E-state index < -0.39 is 11.6 Å². The summed E-state index contributed by atoms with van der Waals surface area (Å²) in [7, 11) is 0. The van der Waals surface area contributed by atoms with Gasteiger partial charge in [0.15, 0.2) is 5.60 Å². The maximum absolute atomic E-state index is 10.4. The van der Waals surface area contributed by atoms with E-state index in [1.54, 1.807) is 6.92 Å². The number of nitrogens with one attached hydrogen (secondary N) is 1. The Kier molecular flexibility index (Phi) is 1.42. The summed E-state index contributed by atoms with van der Waals surface area (Å²) < 4.78 is 0. The van der Waals surface area contributed by atoms with Crippen LogP contribution in [0.15, 0.2) is 0 Å². The first-order chi connectivity index (χ1) is 4.15. The minimum absolute atomic E-state index is 0.530. The number of carboxylic acids is 1. The van der Waals surface area contributed by atoms with Gasteiger partial charge < -0.3 is 5.11 Å². The number of rotatable bonds is 1. The fourth-order valence-corrected chi connectivity index (χ4v) is 0.701. The van der Waals surface area contributed by atoms with Crippen LogP contribution in [0, 0.1) is 0 Å². The zero-order valence-electron chi connectivity index (χ0n) is 5.18. The molecule has 1 unspecified atom stereocenters. The van der Waals surface area contributed by atoms with Crippen LogP contribution in [0.2, 0.25) is 0 Å². The smallest absolute Gasteiger partial charge is 0.337 e. The maximum Gasteiger partial charge on any atom is 0.337 e. The second-order valence-corrected chi connectivity index (χ2v) is 2.28. The molecular formula is C5H9NO3. The number of carboxylic acid groups (broad SMARTS) is 1. The van der Waals surface area contributed by atoms with Crippen molar-refractivity contribution in [3.05, 3.63) is 0 Å². The Bertz CT molecular complexity index is 128. The van der Waals surface area contributed by atoms with Gasteiger partial charge in [0.05, 0.1) is 0 Å². The molecular weight excluding hydrogens is 122 g/mol. The highest BCUT2D eigenvalue weighted by atomic mass is 16.7. The van der Waals surface area contributed by atoms with Crippen molar-refractivity contribution in [1.82, 2.24) is 5.48 Å². The number of hydroxylamine groups is 1. The molecule has 1 saturated heterocycles. The lowest BCUT2D eigenvalue weighted by Crippen LogP contribution is -2.35.